The van der Waals surface area contributed by atoms with Gasteiger partial charge in [-0.25, -0.2) is 0 Å². The van der Waals surface area contributed by atoms with E-state index in [1.165, 1.54) is 0 Å². The highest BCUT2D eigenvalue weighted by Gasteiger charge is 2.21. The number of aldehydes is 2. The van der Waals surface area contributed by atoms with Crippen molar-refractivity contribution < 1.29 is 24.2 Å². The van der Waals surface area contributed by atoms with Crippen LogP contribution in [-0.4, -0.2) is 48.2 Å². The van der Waals surface area contributed by atoms with Crippen LogP contribution in [0.1, 0.15) is 27.7 Å². The number of rotatable bonds is 8. The third-order valence-electron chi connectivity index (χ3n) is 1.86. The van der Waals surface area contributed by atoms with Crippen molar-refractivity contribution in [2.45, 2.75) is 45.0 Å². The molecule has 0 saturated carbocycles. The van der Waals surface area contributed by atoms with Crippen molar-refractivity contribution >= 4 is 12.6 Å². The van der Waals surface area contributed by atoms with E-state index in [2.05, 4.69) is 0 Å². The summed E-state index contributed by atoms with van der Waals surface area (Å²) >= 11 is 0. The molecule has 0 rings (SSSR count). The predicted molar refractivity (Wildman–Crippen MR) is 58.2 cm³/mol. The number of ether oxygens (including phenoxy) is 2. The monoisotopic (exact) mass is 232 g/mol. The molecule has 0 heterocycles. The number of hydrogen-bond acceptors (Lipinski definition) is 5. The molecular formula is C11H20O5. The van der Waals surface area contributed by atoms with Gasteiger partial charge < -0.3 is 24.2 Å². The summed E-state index contributed by atoms with van der Waals surface area (Å²) in [5.74, 6) is 0. The maximum atomic E-state index is 10.5. The molecule has 0 saturated heterocycles. The highest BCUT2D eigenvalue weighted by Crippen LogP contribution is 2.08. The Morgan fingerprint density at radius 3 is 1.56 bits per heavy atom. The molecule has 0 aromatic rings. The molecule has 94 valence electrons. The second kappa shape index (κ2) is 6.08. The molecule has 0 aliphatic rings. The van der Waals surface area contributed by atoms with Crippen molar-refractivity contribution in [1.29, 1.82) is 0 Å². The fourth-order valence-electron chi connectivity index (χ4n) is 0.738. The summed E-state index contributed by atoms with van der Waals surface area (Å²) in [6.07, 6.45) is 0.463. The first kappa shape index (κ1) is 15.2. The maximum absolute atomic E-state index is 10.5. The predicted octanol–water partition coefficient (Wildman–Crippen LogP) is 0.335. The molecule has 0 aromatic carbocycles. The van der Waals surface area contributed by atoms with Crippen molar-refractivity contribution in [1.82, 2.24) is 0 Å². The van der Waals surface area contributed by atoms with Crippen LogP contribution in [-0.2, 0) is 19.1 Å². The number of aliphatic hydroxyl groups excluding tert-OH is 1. The lowest BCUT2D eigenvalue weighted by Gasteiger charge is -2.23. The Labute approximate surface area is 95.7 Å². The molecule has 0 atom stereocenters. The van der Waals surface area contributed by atoms with Gasteiger partial charge in [0, 0.05) is 0 Å². The van der Waals surface area contributed by atoms with Crippen LogP contribution in [0, 0.1) is 0 Å². The van der Waals surface area contributed by atoms with Crippen molar-refractivity contribution in [3.8, 4) is 0 Å². The molecule has 0 bridgehead atoms. The van der Waals surface area contributed by atoms with E-state index in [4.69, 9.17) is 9.47 Å². The molecule has 0 aromatic heterocycles. The smallest absolute Gasteiger partial charge is 0.151 e. The highest BCUT2D eigenvalue weighted by atomic mass is 16.5. The third-order valence-corrected chi connectivity index (χ3v) is 1.86. The normalized spacial score (nSPS) is 12.9. The van der Waals surface area contributed by atoms with Gasteiger partial charge in [-0.2, -0.15) is 0 Å². The average molecular weight is 232 g/mol. The Kier molecular flexibility index (Phi) is 5.78. The van der Waals surface area contributed by atoms with Crippen LogP contribution < -0.4 is 0 Å². The van der Waals surface area contributed by atoms with Gasteiger partial charge in [0.15, 0.2) is 12.6 Å². The summed E-state index contributed by atoms with van der Waals surface area (Å²) in [7, 11) is 0. The Balaban J connectivity index is 3.88. The molecule has 0 aliphatic heterocycles. The highest BCUT2D eigenvalue weighted by molar-refractivity contribution is 5.61. The van der Waals surface area contributed by atoms with E-state index >= 15 is 0 Å². The van der Waals surface area contributed by atoms with Crippen LogP contribution in [0.2, 0.25) is 0 Å². The molecule has 0 radical (unpaired) electrons. The van der Waals surface area contributed by atoms with Gasteiger partial charge in [0.25, 0.3) is 0 Å². The molecule has 0 spiro atoms. The van der Waals surface area contributed by atoms with E-state index < -0.39 is 17.3 Å². The van der Waals surface area contributed by atoms with E-state index in [-0.39, 0.29) is 13.2 Å². The van der Waals surface area contributed by atoms with Crippen molar-refractivity contribution in [3.63, 3.8) is 0 Å². The largest absolute Gasteiger partial charge is 0.388 e. The molecule has 1 N–H and O–H groups in total. The average Bonchev–Trinajstić information content (AvgIpc) is 2.24. The Morgan fingerprint density at radius 2 is 1.31 bits per heavy atom. The summed E-state index contributed by atoms with van der Waals surface area (Å²) in [5.41, 5.74) is -1.83. The van der Waals surface area contributed by atoms with Gasteiger partial charge in [-0.3, -0.25) is 0 Å². The standard InChI is InChI=1S/C11H20O5/c1-10(2,7-12)15-5-9(14)6-16-11(3,4)8-13/h7-9,14H,5-6H2,1-4H3. The van der Waals surface area contributed by atoms with Crippen molar-refractivity contribution in [3.05, 3.63) is 0 Å². The molecule has 0 unspecified atom stereocenters. The number of aliphatic hydroxyl groups is 1. The van der Waals surface area contributed by atoms with Gasteiger partial charge in [-0.05, 0) is 27.7 Å². The zero-order valence-corrected chi connectivity index (χ0v) is 10.2. The third kappa shape index (κ3) is 6.66. The van der Waals surface area contributed by atoms with Crippen LogP contribution in [0.3, 0.4) is 0 Å². The Hall–Kier alpha value is -0.780. The van der Waals surface area contributed by atoms with Gasteiger partial charge in [0.05, 0.1) is 13.2 Å². The van der Waals surface area contributed by atoms with Gasteiger partial charge >= 0.3 is 0 Å². The first-order chi connectivity index (χ1) is 7.22. The first-order valence-corrected chi connectivity index (χ1v) is 5.11. The van der Waals surface area contributed by atoms with E-state index in [1.54, 1.807) is 27.7 Å². The topological polar surface area (TPSA) is 72.8 Å². The Bertz CT molecular complexity index is 211. The van der Waals surface area contributed by atoms with Crippen molar-refractivity contribution in [2.24, 2.45) is 0 Å². The first-order valence-electron chi connectivity index (χ1n) is 5.11. The quantitative estimate of drug-likeness (QED) is 0.611. The lowest BCUT2D eigenvalue weighted by Crippen LogP contribution is -2.35. The van der Waals surface area contributed by atoms with Gasteiger partial charge in [0.2, 0.25) is 0 Å². The zero-order valence-electron chi connectivity index (χ0n) is 10.2. The molecule has 16 heavy (non-hydrogen) atoms. The Morgan fingerprint density at radius 1 is 1.00 bits per heavy atom. The molecule has 5 heteroatoms. The van der Waals surface area contributed by atoms with E-state index in [1.807, 2.05) is 0 Å². The summed E-state index contributed by atoms with van der Waals surface area (Å²) in [5, 5.41) is 9.49. The summed E-state index contributed by atoms with van der Waals surface area (Å²) < 4.78 is 10.3. The van der Waals surface area contributed by atoms with Crippen molar-refractivity contribution in [2.75, 3.05) is 13.2 Å². The minimum Gasteiger partial charge on any atom is -0.388 e. The number of carbonyl (C=O) groups excluding carboxylic acids is 2. The second-order valence-electron chi connectivity index (χ2n) is 4.72. The van der Waals surface area contributed by atoms with E-state index in [0.717, 1.165) is 0 Å². The van der Waals surface area contributed by atoms with Gasteiger partial charge in [-0.15, -0.1) is 0 Å². The van der Waals surface area contributed by atoms with Crippen LogP contribution in [0.25, 0.3) is 0 Å². The van der Waals surface area contributed by atoms with E-state index in [0.29, 0.717) is 12.6 Å². The molecule has 5 nitrogen and oxygen atoms in total. The van der Waals surface area contributed by atoms with Crippen LogP contribution in [0.15, 0.2) is 0 Å². The fraction of sp³-hybridized carbons (Fsp3) is 0.818. The maximum Gasteiger partial charge on any atom is 0.151 e. The lowest BCUT2D eigenvalue weighted by atomic mass is 10.1. The van der Waals surface area contributed by atoms with Crippen LogP contribution in [0.4, 0.5) is 0 Å². The zero-order chi connectivity index (χ0) is 12.8. The van der Waals surface area contributed by atoms with Gasteiger partial charge in [-0.1, -0.05) is 0 Å². The van der Waals surface area contributed by atoms with Gasteiger partial charge in [0.1, 0.15) is 17.3 Å². The molecule has 0 aliphatic carbocycles. The summed E-state index contributed by atoms with van der Waals surface area (Å²) in [6, 6.07) is 0. The summed E-state index contributed by atoms with van der Waals surface area (Å²) in [6.45, 7) is 6.37. The molecule has 0 amide bonds. The molecular weight excluding hydrogens is 212 g/mol. The summed E-state index contributed by atoms with van der Waals surface area (Å²) in [4.78, 5) is 21.0. The van der Waals surface area contributed by atoms with Crippen LogP contribution >= 0.6 is 0 Å². The van der Waals surface area contributed by atoms with E-state index in [9.17, 15) is 14.7 Å². The fourth-order valence-corrected chi connectivity index (χ4v) is 0.738. The van der Waals surface area contributed by atoms with Crippen LogP contribution in [0.5, 0.6) is 0 Å². The number of carbonyl (C=O) groups is 2. The molecule has 0 fully saturated rings. The second-order valence-corrected chi connectivity index (χ2v) is 4.72. The minimum atomic E-state index is -0.916. The minimum absolute atomic E-state index is 0.0132. The SMILES string of the molecule is CC(C)(C=O)OCC(O)COC(C)(C)C=O. The number of hydrogen-bond donors (Lipinski definition) is 1. The lowest BCUT2D eigenvalue weighted by molar-refractivity contribution is -0.140.